The topological polar surface area (TPSA) is 63.5 Å². The number of rotatable bonds is 6. The Morgan fingerprint density at radius 3 is 2.32 bits per heavy atom. The molecule has 0 aliphatic heterocycles. The van der Waals surface area contributed by atoms with Gasteiger partial charge in [0.25, 0.3) is 0 Å². The van der Waals surface area contributed by atoms with E-state index in [2.05, 4.69) is 20.7 Å². The quantitative estimate of drug-likeness (QED) is 0.270. The Morgan fingerprint density at radius 2 is 1.82 bits per heavy atom. The first kappa shape index (κ1) is 24.1. The number of benzene rings is 1. The van der Waals surface area contributed by atoms with Gasteiger partial charge < -0.3 is 15.4 Å². The second-order valence-electron chi connectivity index (χ2n) is 6.00. The molecule has 0 radical (unpaired) electrons. The van der Waals surface area contributed by atoms with E-state index in [-0.39, 0.29) is 30.6 Å². The lowest BCUT2D eigenvalue weighted by atomic mass is 10.2. The molecule has 0 saturated carbocycles. The molecule has 0 fully saturated rings. The number of guanidine groups is 1. The van der Waals surface area contributed by atoms with Crippen molar-refractivity contribution in [2.24, 2.45) is 12.0 Å². The molecular formula is C18H25F3IN5O. The van der Waals surface area contributed by atoms with Crippen molar-refractivity contribution >= 4 is 29.9 Å². The maximum Gasteiger partial charge on any atom is 0.416 e. The number of hydrogen-bond donors (Lipinski definition) is 2. The molecule has 0 unspecified atom stereocenters. The summed E-state index contributed by atoms with van der Waals surface area (Å²) >= 11 is 0. The lowest BCUT2D eigenvalue weighted by Gasteiger charge is -2.13. The van der Waals surface area contributed by atoms with Crippen molar-refractivity contribution in [2.45, 2.75) is 26.6 Å². The zero-order valence-electron chi connectivity index (χ0n) is 16.2. The van der Waals surface area contributed by atoms with Crippen molar-refractivity contribution in [3.05, 3.63) is 46.8 Å². The molecule has 6 nitrogen and oxygen atoms in total. The Labute approximate surface area is 179 Å². The molecule has 0 bridgehead atoms. The molecule has 1 aromatic carbocycles. The predicted molar refractivity (Wildman–Crippen MR) is 113 cm³/mol. The van der Waals surface area contributed by atoms with Crippen LogP contribution in [0.4, 0.5) is 13.2 Å². The van der Waals surface area contributed by atoms with Crippen LogP contribution in [0.1, 0.15) is 22.5 Å². The summed E-state index contributed by atoms with van der Waals surface area (Å²) in [6.45, 7) is 5.29. The maximum atomic E-state index is 12.5. The molecule has 0 spiro atoms. The molecule has 1 heterocycles. The van der Waals surface area contributed by atoms with E-state index in [0.29, 0.717) is 24.8 Å². The standard InChI is InChI=1S/C18H24F3N5O.HI/c1-12-16(13(2)26(4)25-12)11-24-17(22-3)23-9-10-27-15-7-5-14(6-8-15)18(19,20)21;/h5-8H,9-11H2,1-4H3,(H2,22,23,24);1H. The van der Waals surface area contributed by atoms with Crippen LogP contribution in [0, 0.1) is 13.8 Å². The number of ether oxygens (including phenoxy) is 1. The SMILES string of the molecule is CN=C(NCCOc1ccc(C(F)(F)F)cc1)NCc1c(C)nn(C)c1C.I. The van der Waals surface area contributed by atoms with Gasteiger partial charge in [-0.05, 0) is 38.1 Å². The summed E-state index contributed by atoms with van der Waals surface area (Å²) in [7, 11) is 3.56. The molecule has 0 amide bonds. The second-order valence-corrected chi connectivity index (χ2v) is 6.00. The van der Waals surface area contributed by atoms with Crippen LogP contribution in [0.2, 0.25) is 0 Å². The van der Waals surface area contributed by atoms with Crippen molar-refractivity contribution < 1.29 is 17.9 Å². The largest absolute Gasteiger partial charge is 0.492 e. The fourth-order valence-electron chi connectivity index (χ4n) is 2.54. The van der Waals surface area contributed by atoms with Crippen molar-refractivity contribution in [1.82, 2.24) is 20.4 Å². The van der Waals surface area contributed by atoms with Crippen LogP contribution in [-0.2, 0) is 19.8 Å². The Bertz CT molecular complexity index is 788. The van der Waals surface area contributed by atoms with Crippen LogP contribution in [-0.4, -0.2) is 35.9 Å². The number of aliphatic imine (C=N–C) groups is 1. The van der Waals surface area contributed by atoms with Crippen LogP contribution in [0.3, 0.4) is 0 Å². The summed E-state index contributed by atoms with van der Waals surface area (Å²) in [6, 6.07) is 4.62. The first-order valence-electron chi connectivity index (χ1n) is 8.46. The van der Waals surface area contributed by atoms with Gasteiger partial charge in [-0.25, -0.2) is 0 Å². The molecule has 2 rings (SSSR count). The first-order valence-corrected chi connectivity index (χ1v) is 8.46. The van der Waals surface area contributed by atoms with Crippen molar-refractivity contribution in [3.63, 3.8) is 0 Å². The highest BCUT2D eigenvalue weighted by molar-refractivity contribution is 14.0. The lowest BCUT2D eigenvalue weighted by molar-refractivity contribution is -0.137. The summed E-state index contributed by atoms with van der Waals surface area (Å²) in [5, 5.41) is 10.7. The van der Waals surface area contributed by atoms with E-state index in [4.69, 9.17) is 4.74 Å². The fourth-order valence-corrected chi connectivity index (χ4v) is 2.54. The van der Waals surface area contributed by atoms with Crippen molar-refractivity contribution in [2.75, 3.05) is 20.2 Å². The number of aryl methyl sites for hydroxylation is 2. The summed E-state index contributed by atoms with van der Waals surface area (Å²) < 4.78 is 44.9. The molecule has 0 atom stereocenters. The van der Waals surface area contributed by atoms with Gasteiger partial charge in [0.05, 0.1) is 17.8 Å². The minimum Gasteiger partial charge on any atom is -0.492 e. The molecule has 0 aliphatic rings. The maximum absolute atomic E-state index is 12.5. The third-order valence-corrected chi connectivity index (χ3v) is 4.16. The van der Waals surface area contributed by atoms with E-state index in [1.807, 2.05) is 25.6 Å². The van der Waals surface area contributed by atoms with E-state index in [9.17, 15) is 13.2 Å². The Kier molecular flexibility index (Phi) is 9.05. The zero-order valence-corrected chi connectivity index (χ0v) is 18.6. The molecule has 28 heavy (non-hydrogen) atoms. The number of hydrogen-bond acceptors (Lipinski definition) is 3. The van der Waals surface area contributed by atoms with E-state index < -0.39 is 11.7 Å². The number of aromatic nitrogens is 2. The molecule has 2 N–H and O–H groups in total. The van der Waals surface area contributed by atoms with Gasteiger partial charge in [0.2, 0.25) is 0 Å². The van der Waals surface area contributed by atoms with Gasteiger partial charge in [-0.2, -0.15) is 18.3 Å². The first-order chi connectivity index (χ1) is 12.7. The minimum atomic E-state index is -4.34. The summed E-state index contributed by atoms with van der Waals surface area (Å²) in [4.78, 5) is 4.14. The zero-order chi connectivity index (χ0) is 20.0. The van der Waals surface area contributed by atoms with Crippen LogP contribution >= 0.6 is 24.0 Å². The van der Waals surface area contributed by atoms with Gasteiger partial charge >= 0.3 is 6.18 Å². The molecule has 1 aromatic heterocycles. The van der Waals surface area contributed by atoms with Crippen LogP contribution < -0.4 is 15.4 Å². The molecule has 156 valence electrons. The summed E-state index contributed by atoms with van der Waals surface area (Å²) in [5.74, 6) is 0.989. The fraction of sp³-hybridized carbons (Fsp3) is 0.444. The van der Waals surface area contributed by atoms with Crippen LogP contribution in [0.5, 0.6) is 5.75 Å². The highest BCUT2D eigenvalue weighted by atomic mass is 127. The average Bonchev–Trinajstić information content (AvgIpc) is 2.86. The molecule has 0 aliphatic carbocycles. The van der Waals surface area contributed by atoms with Crippen LogP contribution in [0.15, 0.2) is 29.3 Å². The van der Waals surface area contributed by atoms with Crippen molar-refractivity contribution in [1.29, 1.82) is 0 Å². The monoisotopic (exact) mass is 511 g/mol. The smallest absolute Gasteiger partial charge is 0.416 e. The number of halogens is 4. The highest BCUT2D eigenvalue weighted by Gasteiger charge is 2.29. The van der Waals surface area contributed by atoms with E-state index in [1.165, 1.54) is 12.1 Å². The Morgan fingerprint density at radius 1 is 1.18 bits per heavy atom. The van der Waals surface area contributed by atoms with Crippen LogP contribution in [0.25, 0.3) is 0 Å². The predicted octanol–water partition coefficient (Wildman–Crippen LogP) is 3.42. The number of nitrogens with one attached hydrogen (secondary N) is 2. The van der Waals surface area contributed by atoms with Gasteiger partial charge in [0.15, 0.2) is 5.96 Å². The van der Waals surface area contributed by atoms with E-state index in [0.717, 1.165) is 29.1 Å². The summed E-state index contributed by atoms with van der Waals surface area (Å²) in [6.07, 6.45) is -4.34. The highest BCUT2D eigenvalue weighted by Crippen LogP contribution is 2.30. The third kappa shape index (κ3) is 6.57. The second kappa shape index (κ2) is 10.5. The van der Waals surface area contributed by atoms with Gasteiger partial charge in [-0.3, -0.25) is 9.67 Å². The number of alkyl halides is 3. The van der Waals surface area contributed by atoms with Gasteiger partial charge in [-0.15, -0.1) is 24.0 Å². The normalized spacial score (nSPS) is 11.8. The third-order valence-electron chi connectivity index (χ3n) is 4.16. The Balaban J connectivity index is 0.00000392. The number of nitrogens with zero attached hydrogens (tertiary/aromatic N) is 3. The van der Waals surface area contributed by atoms with E-state index in [1.54, 1.807) is 7.05 Å². The lowest BCUT2D eigenvalue weighted by Crippen LogP contribution is -2.39. The summed E-state index contributed by atoms with van der Waals surface area (Å²) in [5.41, 5.74) is 2.46. The molecule has 2 aromatic rings. The van der Waals surface area contributed by atoms with Gasteiger partial charge in [-0.1, -0.05) is 0 Å². The Hall–Kier alpha value is -1.98. The average molecular weight is 511 g/mol. The molecular weight excluding hydrogens is 486 g/mol. The van der Waals surface area contributed by atoms with Crippen molar-refractivity contribution in [3.8, 4) is 5.75 Å². The molecule has 10 heteroatoms. The van der Waals surface area contributed by atoms with Gasteiger partial charge in [0.1, 0.15) is 12.4 Å². The minimum absolute atomic E-state index is 0. The molecule has 0 saturated heterocycles. The van der Waals surface area contributed by atoms with E-state index >= 15 is 0 Å². The van der Waals surface area contributed by atoms with Gasteiger partial charge in [0, 0.05) is 31.9 Å².